The van der Waals surface area contributed by atoms with Gasteiger partial charge in [-0.1, -0.05) is 0 Å². The van der Waals surface area contributed by atoms with E-state index in [9.17, 15) is 13.6 Å². The zero-order chi connectivity index (χ0) is 15.7. The van der Waals surface area contributed by atoms with E-state index in [4.69, 9.17) is 4.74 Å². The molecule has 1 fully saturated rings. The number of morpholine rings is 1. The summed E-state index contributed by atoms with van der Waals surface area (Å²) in [6.45, 7) is 3.74. The van der Waals surface area contributed by atoms with Crippen molar-refractivity contribution in [3.8, 4) is 5.69 Å². The fraction of sp³-hybridized carbons (Fsp3) is 0.333. The van der Waals surface area contributed by atoms with Crippen LogP contribution in [0.4, 0.5) is 8.78 Å². The highest BCUT2D eigenvalue weighted by Gasteiger charge is 2.23. The van der Waals surface area contributed by atoms with Gasteiger partial charge < -0.3 is 9.64 Å². The Kier molecular flexibility index (Phi) is 3.89. The molecule has 22 heavy (non-hydrogen) atoms. The van der Waals surface area contributed by atoms with E-state index in [1.54, 1.807) is 11.8 Å². The average molecular weight is 307 g/mol. The molecule has 1 aromatic carbocycles. The molecule has 1 aromatic heterocycles. The number of benzene rings is 1. The van der Waals surface area contributed by atoms with Crippen molar-refractivity contribution in [3.05, 3.63) is 47.3 Å². The van der Waals surface area contributed by atoms with Crippen molar-refractivity contribution in [3.63, 3.8) is 0 Å². The molecule has 5 nitrogen and oxygen atoms in total. The molecule has 2 heterocycles. The summed E-state index contributed by atoms with van der Waals surface area (Å²) < 4.78 is 33.4. The molecule has 0 saturated carbocycles. The van der Waals surface area contributed by atoms with Crippen molar-refractivity contribution >= 4 is 5.91 Å². The molecule has 3 rings (SSSR count). The summed E-state index contributed by atoms with van der Waals surface area (Å²) in [5.41, 5.74) is 1.03. The number of hydrogen-bond donors (Lipinski definition) is 0. The number of nitrogens with zero attached hydrogens (tertiary/aromatic N) is 3. The Morgan fingerprint density at radius 3 is 2.68 bits per heavy atom. The highest BCUT2D eigenvalue weighted by molar-refractivity contribution is 5.95. The van der Waals surface area contributed by atoms with Crippen molar-refractivity contribution in [2.75, 3.05) is 26.3 Å². The van der Waals surface area contributed by atoms with Crippen molar-refractivity contribution in [2.45, 2.75) is 6.92 Å². The highest BCUT2D eigenvalue weighted by atomic mass is 19.1. The fourth-order valence-corrected chi connectivity index (χ4v) is 2.45. The molecule has 1 saturated heterocycles. The molecule has 2 aromatic rings. The number of carbonyl (C=O) groups is 1. The first-order valence-corrected chi connectivity index (χ1v) is 6.95. The summed E-state index contributed by atoms with van der Waals surface area (Å²) in [5, 5.41) is 4.07. The molecule has 0 aliphatic carbocycles. The van der Waals surface area contributed by atoms with Crippen LogP contribution >= 0.6 is 0 Å². The quantitative estimate of drug-likeness (QED) is 0.852. The third kappa shape index (κ3) is 2.59. The summed E-state index contributed by atoms with van der Waals surface area (Å²) in [5.74, 6) is -1.54. The van der Waals surface area contributed by atoms with Gasteiger partial charge >= 0.3 is 0 Å². The molecule has 0 bridgehead atoms. The molecule has 0 N–H and O–H groups in total. The standard InChI is InChI=1S/C15H15F2N3O2/c1-10-12(15(21)19-4-6-22-7-5-19)9-18-20(10)14-3-2-11(16)8-13(14)17/h2-3,8-9H,4-7H2,1H3. The molecule has 7 heteroatoms. The van der Waals surface area contributed by atoms with Gasteiger partial charge in [-0.2, -0.15) is 5.10 Å². The highest BCUT2D eigenvalue weighted by Crippen LogP contribution is 2.19. The Labute approximate surface area is 126 Å². The Balaban J connectivity index is 1.93. The van der Waals surface area contributed by atoms with Gasteiger partial charge in [0.25, 0.3) is 5.91 Å². The Hall–Kier alpha value is -2.28. The molecule has 1 aliphatic rings. The maximum absolute atomic E-state index is 13.9. The van der Waals surface area contributed by atoms with E-state index >= 15 is 0 Å². The van der Waals surface area contributed by atoms with Crippen LogP contribution in [-0.2, 0) is 4.74 Å². The summed E-state index contributed by atoms with van der Waals surface area (Å²) in [4.78, 5) is 14.1. The van der Waals surface area contributed by atoms with Gasteiger partial charge in [0.15, 0.2) is 5.82 Å². The van der Waals surface area contributed by atoms with Gasteiger partial charge in [-0.3, -0.25) is 4.79 Å². The molecule has 1 aliphatic heterocycles. The summed E-state index contributed by atoms with van der Waals surface area (Å²) in [6, 6.07) is 3.25. The average Bonchev–Trinajstić information content (AvgIpc) is 2.89. The van der Waals surface area contributed by atoms with Gasteiger partial charge in [-0.25, -0.2) is 13.5 Å². The van der Waals surface area contributed by atoms with Crippen LogP contribution in [0, 0.1) is 18.6 Å². The molecular formula is C15H15F2N3O2. The Morgan fingerprint density at radius 1 is 1.27 bits per heavy atom. The second-order valence-corrected chi connectivity index (χ2v) is 5.06. The Morgan fingerprint density at radius 2 is 2.00 bits per heavy atom. The van der Waals surface area contributed by atoms with Gasteiger partial charge in [-0.15, -0.1) is 0 Å². The first kappa shape index (κ1) is 14.6. The van der Waals surface area contributed by atoms with E-state index in [0.29, 0.717) is 37.6 Å². The van der Waals surface area contributed by atoms with Crippen molar-refractivity contribution < 1.29 is 18.3 Å². The van der Waals surface area contributed by atoms with Crippen LogP contribution in [0.5, 0.6) is 0 Å². The van der Waals surface area contributed by atoms with E-state index in [0.717, 1.165) is 12.1 Å². The van der Waals surface area contributed by atoms with Gasteiger partial charge in [0, 0.05) is 19.2 Å². The van der Waals surface area contributed by atoms with E-state index in [1.165, 1.54) is 16.9 Å². The lowest BCUT2D eigenvalue weighted by Gasteiger charge is -2.26. The molecule has 0 unspecified atom stereocenters. The number of aromatic nitrogens is 2. The molecule has 0 spiro atoms. The number of halogens is 2. The SMILES string of the molecule is Cc1c(C(=O)N2CCOCC2)cnn1-c1ccc(F)cc1F. The van der Waals surface area contributed by atoms with E-state index in [-0.39, 0.29) is 11.6 Å². The predicted octanol–water partition coefficient (Wildman–Crippen LogP) is 1.93. The second-order valence-electron chi connectivity index (χ2n) is 5.06. The van der Waals surface area contributed by atoms with Gasteiger partial charge in [0.1, 0.15) is 11.5 Å². The number of carbonyl (C=O) groups excluding carboxylic acids is 1. The minimum atomic E-state index is -0.725. The van der Waals surface area contributed by atoms with Crippen LogP contribution in [0.2, 0.25) is 0 Å². The minimum absolute atomic E-state index is 0.111. The van der Waals surface area contributed by atoms with Gasteiger partial charge in [0.2, 0.25) is 0 Å². The van der Waals surface area contributed by atoms with E-state index in [1.807, 2.05) is 0 Å². The summed E-state index contributed by atoms with van der Waals surface area (Å²) >= 11 is 0. The third-order valence-corrected chi connectivity index (χ3v) is 3.68. The fourth-order valence-electron chi connectivity index (χ4n) is 2.45. The van der Waals surface area contributed by atoms with Crippen molar-refractivity contribution in [1.82, 2.24) is 14.7 Å². The predicted molar refractivity (Wildman–Crippen MR) is 74.9 cm³/mol. The lowest BCUT2D eigenvalue weighted by Crippen LogP contribution is -2.40. The van der Waals surface area contributed by atoms with Crippen molar-refractivity contribution in [2.24, 2.45) is 0 Å². The zero-order valence-corrected chi connectivity index (χ0v) is 12.1. The molecule has 0 atom stereocenters. The first-order chi connectivity index (χ1) is 10.6. The summed E-state index contributed by atoms with van der Waals surface area (Å²) in [6.07, 6.45) is 1.41. The van der Waals surface area contributed by atoms with E-state index in [2.05, 4.69) is 5.10 Å². The zero-order valence-electron chi connectivity index (χ0n) is 12.1. The molecule has 1 amide bonds. The van der Waals surface area contributed by atoms with Crippen LogP contribution in [0.25, 0.3) is 5.69 Å². The lowest BCUT2D eigenvalue weighted by molar-refractivity contribution is 0.0302. The number of amides is 1. The van der Waals surface area contributed by atoms with Crippen LogP contribution in [0.1, 0.15) is 16.1 Å². The van der Waals surface area contributed by atoms with Crippen molar-refractivity contribution in [1.29, 1.82) is 0 Å². The molecule has 116 valence electrons. The molecule has 0 radical (unpaired) electrons. The van der Waals surface area contributed by atoms with Gasteiger partial charge in [-0.05, 0) is 19.1 Å². The van der Waals surface area contributed by atoms with Crippen LogP contribution in [-0.4, -0.2) is 46.9 Å². The van der Waals surface area contributed by atoms with Gasteiger partial charge in [0.05, 0.1) is 30.7 Å². The lowest BCUT2D eigenvalue weighted by atomic mass is 10.2. The monoisotopic (exact) mass is 307 g/mol. The maximum Gasteiger partial charge on any atom is 0.257 e. The topological polar surface area (TPSA) is 47.4 Å². The second kappa shape index (κ2) is 5.84. The first-order valence-electron chi connectivity index (χ1n) is 6.95. The summed E-state index contributed by atoms with van der Waals surface area (Å²) in [7, 11) is 0. The van der Waals surface area contributed by atoms with Crippen LogP contribution in [0.15, 0.2) is 24.4 Å². The number of ether oxygens (including phenoxy) is 1. The third-order valence-electron chi connectivity index (χ3n) is 3.68. The maximum atomic E-state index is 13.9. The normalized spacial score (nSPS) is 15.1. The minimum Gasteiger partial charge on any atom is -0.378 e. The number of hydrogen-bond acceptors (Lipinski definition) is 3. The smallest absolute Gasteiger partial charge is 0.257 e. The molecular weight excluding hydrogens is 292 g/mol. The Bertz CT molecular complexity index is 709. The van der Waals surface area contributed by atoms with E-state index < -0.39 is 11.6 Å². The number of rotatable bonds is 2. The largest absolute Gasteiger partial charge is 0.378 e. The van der Waals surface area contributed by atoms with Crippen LogP contribution in [0.3, 0.4) is 0 Å². The van der Waals surface area contributed by atoms with Crippen LogP contribution < -0.4 is 0 Å².